The molecule has 0 bridgehead atoms. The molecule has 1 saturated carbocycles. The maximum Gasteiger partial charge on any atom is 0.440 e. The minimum absolute atomic E-state index is 5.97. The number of rotatable bonds is 0. The van der Waals surface area contributed by atoms with Gasteiger partial charge in [-0.3, -0.25) is 0 Å². The second-order valence-electron chi connectivity index (χ2n) is 4.45. The summed E-state index contributed by atoms with van der Waals surface area (Å²) in [6.45, 7) is 0. The van der Waals surface area contributed by atoms with Crippen molar-refractivity contribution in [1.82, 2.24) is 0 Å². The Morgan fingerprint density at radius 3 is 0.462 bits per heavy atom. The molecule has 18 heteroatoms. The van der Waals surface area contributed by atoms with Crippen LogP contribution in [0.4, 0.5) is 79.0 Å². The highest BCUT2D eigenvalue weighted by Gasteiger charge is 3.01. The molecule has 1 rings (SSSR count). The number of halogens is 18. The Labute approximate surface area is 128 Å². The van der Waals surface area contributed by atoms with Crippen LogP contribution in [0.3, 0.4) is 0 Å². The Bertz CT molecular complexity index is 413. The number of alkyl halides is 18. The summed E-state index contributed by atoms with van der Waals surface area (Å²) in [7, 11) is 0. The molecule has 26 heavy (non-hydrogen) atoms. The predicted octanol–water partition coefficient (Wildman–Crippen LogP) is 5.92. The Morgan fingerprint density at radius 1 is 0.308 bits per heavy atom. The molecule has 158 valence electrons. The molecule has 0 spiro atoms. The molecule has 0 atom stereocenters. The van der Waals surface area contributed by atoms with Gasteiger partial charge in [-0.2, -0.15) is 74.6 Å². The zero-order valence-corrected chi connectivity index (χ0v) is 10.8. The lowest BCUT2D eigenvalue weighted by Crippen LogP contribution is -2.82. The lowest BCUT2D eigenvalue weighted by Gasteiger charge is -2.49. The molecular weight excluding hydrogens is 438 g/mol. The van der Waals surface area contributed by atoms with Gasteiger partial charge >= 0.3 is 47.9 Å². The van der Waals surface area contributed by atoms with Crippen LogP contribution in [0.25, 0.3) is 0 Å². The Hall–Kier alpha value is -1.26. The van der Waals surface area contributed by atoms with Crippen molar-refractivity contribution >= 4 is 0 Å². The van der Waals surface area contributed by atoms with Gasteiger partial charge in [-0.15, -0.1) is 0 Å². The highest BCUT2D eigenvalue weighted by atomic mass is 19.4. The third-order valence-electron chi connectivity index (χ3n) is 2.75. The van der Waals surface area contributed by atoms with Crippen LogP contribution in [0, 0.1) is 0 Å². The third kappa shape index (κ3) is 2.82. The molecule has 0 aromatic carbocycles. The van der Waals surface area contributed by atoms with Crippen molar-refractivity contribution in [2.45, 2.75) is 47.9 Å². The highest BCUT2D eigenvalue weighted by molar-refractivity contribution is 5.22. The smallest absolute Gasteiger partial charge is 0.213 e. The van der Waals surface area contributed by atoms with Gasteiger partial charge in [0.2, 0.25) is 0 Å². The summed E-state index contributed by atoms with van der Waals surface area (Å²) >= 11 is 0. The zero-order chi connectivity index (χ0) is 22.0. The van der Waals surface area contributed by atoms with Crippen molar-refractivity contribution in [3.63, 3.8) is 0 Å². The van der Waals surface area contributed by atoms with Gasteiger partial charge in [0, 0.05) is 0 Å². The van der Waals surface area contributed by atoms with E-state index in [0.29, 0.717) is 0 Å². The largest absolute Gasteiger partial charge is 0.440 e. The summed E-state index contributed by atoms with van der Waals surface area (Å²) in [6.07, 6.45) is -21.3. The van der Waals surface area contributed by atoms with E-state index in [9.17, 15) is 79.0 Å². The Morgan fingerprint density at radius 2 is 0.423 bits per heavy atom. The van der Waals surface area contributed by atoms with Crippen LogP contribution in [-0.2, 0) is 0 Å². The zero-order valence-electron chi connectivity index (χ0n) is 10.8. The van der Waals surface area contributed by atoms with Crippen LogP contribution >= 0.6 is 0 Å². The summed E-state index contributed by atoms with van der Waals surface area (Å²) in [5, 5.41) is 0. The quantitative estimate of drug-likeness (QED) is 0.412. The van der Waals surface area contributed by atoms with Crippen LogP contribution in [0.2, 0.25) is 0 Å². The fraction of sp³-hybridized carbons (Fsp3) is 1.00. The first-order chi connectivity index (χ1) is 10.8. The van der Waals surface area contributed by atoms with Gasteiger partial charge in [0.1, 0.15) is 0 Å². The number of hydrogen-bond acceptors (Lipinski definition) is 0. The molecule has 0 amide bonds. The second-order valence-corrected chi connectivity index (χ2v) is 4.45. The average molecular weight is 438 g/mol. The molecule has 0 N–H and O–H groups in total. The minimum atomic E-state index is -7.19. The molecule has 0 heterocycles. The molecule has 0 saturated heterocycles. The van der Waals surface area contributed by atoms with Crippen LogP contribution in [0.15, 0.2) is 0 Å². The van der Waals surface area contributed by atoms with E-state index in [0.717, 1.165) is 0 Å². The maximum absolute atomic E-state index is 11.9. The molecule has 1 aliphatic rings. The lowest BCUT2D eigenvalue weighted by molar-refractivity contribution is -0.506. The highest BCUT2D eigenvalue weighted by Crippen LogP contribution is 2.69. The van der Waals surface area contributed by atoms with E-state index in [-0.39, 0.29) is 0 Å². The molecule has 1 fully saturated rings. The van der Waals surface area contributed by atoms with E-state index in [2.05, 4.69) is 0 Å². The molecule has 1 aliphatic carbocycles. The van der Waals surface area contributed by atoms with Crippen LogP contribution in [0.5, 0.6) is 0 Å². The van der Waals surface area contributed by atoms with Crippen molar-refractivity contribution in [3.05, 3.63) is 0 Å². The van der Waals surface area contributed by atoms with Crippen molar-refractivity contribution in [3.8, 4) is 0 Å². The number of hydrogen-bond donors (Lipinski definition) is 0. The van der Waals surface area contributed by atoms with E-state index in [4.69, 9.17) is 0 Å². The van der Waals surface area contributed by atoms with E-state index in [1.165, 1.54) is 0 Å². The molecule has 0 aromatic heterocycles. The SMILES string of the molecule is FC(F)(F)C(F)(C(F)(F)F)C(F)(F)F.FC1(F)C(F)(F)C(F)(F)C1(F)F. The van der Waals surface area contributed by atoms with Crippen molar-refractivity contribution in [2.24, 2.45) is 0 Å². The average Bonchev–Trinajstić information content (AvgIpc) is 2.32. The molecule has 0 nitrogen and oxygen atoms in total. The standard InChI is InChI=1S/C4F10.C4F8/c5-1(2(6,7)8,3(9,10)11)4(12,13)14;5-1(6)2(7,8)4(11,12)3(1,9)10. The van der Waals surface area contributed by atoms with Gasteiger partial charge in [0.25, 0.3) is 0 Å². The van der Waals surface area contributed by atoms with Crippen molar-refractivity contribution in [1.29, 1.82) is 0 Å². The Kier molecular flexibility index (Phi) is 5.35. The summed E-state index contributed by atoms with van der Waals surface area (Å²) in [5.74, 6) is -23.9. The van der Waals surface area contributed by atoms with Crippen molar-refractivity contribution < 1.29 is 79.0 Å². The third-order valence-corrected chi connectivity index (χ3v) is 2.75. The van der Waals surface area contributed by atoms with Gasteiger partial charge in [0.05, 0.1) is 0 Å². The molecule has 0 aliphatic heterocycles. The summed E-state index contributed by atoms with van der Waals surface area (Å²) in [6, 6.07) is 0. The second kappa shape index (κ2) is 5.62. The topological polar surface area (TPSA) is 0 Å². The first kappa shape index (κ1) is 24.7. The van der Waals surface area contributed by atoms with Crippen molar-refractivity contribution in [2.75, 3.05) is 0 Å². The molecular formula is C8F18. The first-order valence-electron chi connectivity index (χ1n) is 5.15. The summed E-state index contributed by atoms with van der Waals surface area (Å²) < 4.78 is 206. The fourth-order valence-corrected chi connectivity index (χ4v) is 1.21. The van der Waals surface area contributed by atoms with Gasteiger partial charge < -0.3 is 0 Å². The van der Waals surface area contributed by atoms with Gasteiger partial charge in [0.15, 0.2) is 0 Å². The normalized spacial score (nSPS) is 24.2. The molecule has 0 radical (unpaired) electrons. The molecule has 0 unspecified atom stereocenters. The van der Waals surface area contributed by atoms with Crippen LogP contribution in [0.1, 0.15) is 0 Å². The lowest BCUT2D eigenvalue weighted by atomic mass is 9.80. The Balaban J connectivity index is 0.000000485. The van der Waals surface area contributed by atoms with Crippen LogP contribution in [-0.4, -0.2) is 47.9 Å². The van der Waals surface area contributed by atoms with E-state index in [1.54, 1.807) is 0 Å². The first-order valence-corrected chi connectivity index (χ1v) is 5.15. The minimum Gasteiger partial charge on any atom is -0.213 e. The maximum atomic E-state index is 11.9. The van der Waals surface area contributed by atoms with E-state index >= 15 is 0 Å². The monoisotopic (exact) mass is 438 g/mol. The van der Waals surface area contributed by atoms with Gasteiger partial charge in [-0.25, -0.2) is 4.39 Å². The summed E-state index contributed by atoms with van der Waals surface area (Å²) in [4.78, 5) is 0. The van der Waals surface area contributed by atoms with Gasteiger partial charge in [-0.05, 0) is 0 Å². The fourth-order valence-electron chi connectivity index (χ4n) is 1.21. The van der Waals surface area contributed by atoms with Gasteiger partial charge in [-0.1, -0.05) is 0 Å². The molecule has 0 aromatic rings. The van der Waals surface area contributed by atoms with E-state index < -0.39 is 47.9 Å². The summed E-state index contributed by atoms with van der Waals surface area (Å²) in [5.41, 5.74) is -7.19. The predicted molar refractivity (Wildman–Crippen MR) is 41.8 cm³/mol. The van der Waals surface area contributed by atoms with E-state index in [1.807, 2.05) is 0 Å². The van der Waals surface area contributed by atoms with Crippen LogP contribution < -0.4 is 0 Å².